The SMILES string of the molecule is C/C=C/CC(=O)NCCN(C)CCCCCCCCO. The monoisotopic (exact) mass is 284 g/mol. The molecule has 0 radical (unpaired) electrons. The number of amides is 1. The van der Waals surface area contributed by atoms with Gasteiger partial charge in [0.05, 0.1) is 0 Å². The molecule has 0 heterocycles. The van der Waals surface area contributed by atoms with E-state index in [9.17, 15) is 4.79 Å². The maximum absolute atomic E-state index is 11.4. The van der Waals surface area contributed by atoms with Crippen molar-refractivity contribution >= 4 is 5.91 Å². The minimum absolute atomic E-state index is 0.0976. The van der Waals surface area contributed by atoms with Crippen molar-refractivity contribution < 1.29 is 9.90 Å². The van der Waals surface area contributed by atoms with Crippen LogP contribution in [0.25, 0.3) is 0 Å². The van der Waals surface area contributed by atoms with Crippen molar-refractivity contribution in [3.05, 3.63) is 12.2 Å². The molecule has 2 N–H and O–H groups in total. The van der Waals surface area contributed by atoms with Crippen molar-refractivity contribution in [2.75, 3.05) is 33.3 Å². The van der Waals surface area contributed by atoms with E-state index in [1.54, 1.807) is 0 Å². The predicted octanol–water partition coefficient (Wildman–Crippen LogP) is 2.33. The largest absolute Gasteiger partial charge is 0.396 e. The summed E-state index contributed by atoms with van der Waals surface area (Å²) >= 11 is 0. The van der Waals surface area contributed by atoms with E-state index >= 15 is 0 Å². The lowest BCUT2D eigenvalue weighted by atomic mass is 10.1. The quantitative estimate of drug-likeness (QED) is 0.403. The third-order valence-electron chi connectivity index (χ3n) is 3.30. The van der Waals surface area contributed by atoms with Crippen LogP contribution in [0.15, 0.2) is 12.2 Å². The summed E-state index contributed by atoms with van der Waals surface area (Å²) in [6.45, 7) is 4.97. The van der Waals surface area contributed by atoms with Crippen LogP contribution in [-0.4, -0.2) is 49.2 Å². The summed E-state index contributed by atoms with van der Waals surface area (Å²) in [6.07, 6.45) is 11.3. The molecule has 0 rings (SSSR count). The summed E-state index contributed by atoms with van der Waals surface area (Å²) in [5.41, 5.74) is 0. The van der Waals surface area contributed by atoms with Crippen LogP contribution in [0.4, 0.5) is 0 Å². The Bertz CT molecular complexity index is 255. The molecule has 0 saturated carbocycles. The van der Waals surface area contributed by atoms with Crippen LogP contribution in [-0.2, 0) is 4.79 Å². The highest BCUT2D eigenvalue weighted by Gasteiger charge is 2.00. The summed E-state index contributed by atoms with van der Waals surface area (Å²) in [5, 5.41) is 11.6. The van der Waals surface area contributed by atoms with Crippen LogP contribution >= 0.6 is 0 Å². The Kier molecular flexibility index (Phi) is 13.9. The molecule has 20 heavy (non-hydrogen) atoms. The smallest absolute Gasteiger partial charge is 0.223 e. The number of carbonyl (C=O) groups excluding carboxylic acids is 1. The second-order valence-electron chi connectivity index (χ2n) is 5.27. The molecule has 0 aromatic heterocycles. The number of nitrogens with one attached hydrogen (secondary N) is 1. The lowest BCUT2D eigenvalue weighted by molar-refractivity contribution is -0.120. The van der Waals surface area contributed by atoms with Gasteiger partial charge < -0.3 is 15.3 Å². The van der Waals surface area contributed by atoms with E-state index in [-0.39, 0.29) is 5.91 Å². The molecule has 0 spiro atoms. The molecule has 0 aliphatic heterocycles. The standard InChI is InChI=1S/C16H32N2O2/c1-3-4-11-16(20)17-12-14-18(2)13-9-7-5-6-8-10-15-19/h3-4,19H,5-15H2,1-2H3,(H,17,20)/b4-3+. The minimum atomic E-state index is 0.0976. The van der Waals surface area contributed by atoms with Gasteiger partial charge in [0, 0.05) is 26.1 Å². The first-order valence-electron chi connectivity index (χ1n) is 7.88. The number of rotatable bonds is 13. The van der Waals surface area contributed by atoms with Gasteiger partial charge in [0.2, 0.25) is 5.91 Å². The van der Waals surface area contributed by atoms with E-state index in [1.165, 1.54) is 25.7 Å². The summed E-state index contributed by atoms with van der Waals surface area (Å²) in [4.78, 5) is 13.6. The Morgan fingerprint density at radius 3 is 2.40 bits per heavy atom. The van der Waals surface area contributed by atoms with E-state index < -0.39 is 0 Å². The first-order valence-corrected chi connectivity index (χ1v) is 7.88. The van der Waals surface area contributed by atoms with Crippen molar-refractivity contribution in [2.45, 2.75) is 51.9 Å². The van der Waals surface area contributed by atoms with E-state index in [4.69, 9.17) is 5.11 Å². The Hall–Kier alpha value is -0.870. The van der Waals surface area contributed by atoms with Gasteiger partial charge in [0.25, 0.3) is 0 Å². The molecule has 1 amide bonds. The van der Waals surface area contributed by atoms with Gasteiger partial charge in [-0.3, -0.25) is 4.79 Å². The minimum Gasteiger partial charge on any atom is -0.396 e. The molecule has 4 nitrogen and oxygen atoms in total. The maximum Gasteiger partial charge on any atom is 0.223 e. The summed E-state index contributed by atoms with van der Waals surface area (Å²) in [6, 6.07) is 0. The van der Waals surface area contributed by atoms with Crippen molar-refractivity contribution in [1.29, 1.82) is 0 Å². The van der Waals surface area contributed by atoms with Crippen molar-refractivity contribution in [1.82, 2.24) is 10.2 Å². The lowest BCUT2D eigenvalue weighted by Gasteiger charge is -2.16. The number of unbranched alkanes of at least 4 members (excludes halogenated alkanes) is 5. The average molecular weight is 284 g/mol. The normalized spacial score (nSPS) is 11.4. The van der Waals surface area contributed by atoms with Gasteiger partial charge in [-0.2, -0.15) is 0 Å². The van der Waals surface area contributed by atoms with Gasteiger partial charge in [0.15, 0.2) is 0 Å². The number of hydrogen-bond acceptors (Lipinski definition) is 3. The molecule has 0 aliphatic rings. The highest BCUT2D eigenvalue weighted by atomic mass is 16.2. The van der Waals surface area contributed by atoms with E-state index in [0.717, 1.165) is 32.5 Å². The molecule has 0 aliphatic carbocycles. The molecule has 4 heteroatoms. The number of aliphatic hydroxyl groups is 1. The van der Waals surface area contributed by atoms with Gasteiger partial charge in [0.1, 0.15) is 0 Å². The Morgan fingerprint density at radius 1 is 1.10 bits per heavy atom. The van der Waals surface area contributed by atoms with Gasteiger partial charge in [-0.1, -0.05) is 37.8 Å². The second-order valence-corrected chi connectivity index (χ2v) is 5.27. The zero-order valence-electron chi connectivity index (χ0n) is 13.2. The first-order chi connectivity index (χ1) is 9.70. The molecular weight excluding hydrogens is 252 g/mol. The van der Waals surface area contributed by atoms with Crippen LogP contribution in [0.2, 0.25) is 0 Å². The number of carbonyl (C=O) groups is 1. The fourth-order valence-electron chi connectivity index (χ4n) is 2.00. The van der Waals surface area contributed by atoms with Crippen molar-refractivity contribution in [3.63, 3.8) is 0 Å². The third-order valence-corrected chi connectivity index (χ3v) is 3.30. The molecule has 0 bridgehead atoms. The zero-order valence-corrected chi connectivity index (χ0v) is 13.2. The molecule has 0 atom stereocenters. The second kappa shape index (κ2) is 14.5. The number of nitrogens with zero attached hydrogens (tertiary/aromatic N) is 1. The summed E-state index contributed by atoms with van der Waals surface area (Å²) in [5.74, 6) is 0.0976. The Labute approximate surface area is 124 Å². The van der Waals surface area contributed by atoms with Crippen LogP contribution < -0.4 is 5.32 Å². The fraction of sp³-hybridized carbons (Fsp3) is 0.812. The lowest BCUT2D eigenvalue weighted by Crippen LogP contribution is -2.33. The highest BCUT2D eigenvalue weighted by Crippen LogP contribution is 2.05. The number of likely N-dealkylation sites (N-methyl/N-ethyl adjacent to an activating group) is 1. The number of hydrogen-bond donors (Lipinski definition) is 2. The van der Waals surface area contributed by atoms with Crippen LogP contribution in [0.1, 0.15) is 51.9 Å². The number of allylic oxidation sites excluding steroid dienone is 1. The van der Waals surface area contributed by atoms with Gasteiger partial charge in [-0.15, -0.1) is 0 Å². The average Bonchev–Trinajstić information content (AvgIpc) is 2.44. The zero-order chi connectivity index (χ0) is 15.1. The van der Waals surface area contributed by atoms with Crippen LogP contribution in [0.3, 0.4) is 0 Å². The first kappa shape index (κ1) is 19.1. The molecule has 0 aromatic carbocycles. The van der Waals surface area contributed by atoms with Gasteiger partial charge in [-0.05, 0) is 33.4 Å². The topological polar surface area (TPSA) is 52.6 Å². The Balaban J connectivity index is 3.32. The van der Waals surface area contributed by atoms with Crippen LogP contribution in [0.5, 0.6) is 0 Å². The molecule has 0 fully saturated rings. The molecule has 0 aromatic rings. The van der Waals surface area contributed by atoms with Crippen molar-refractivity contribution in [3.8, 4) is 0 Å². The number of aliphatic hydroxyl groups excluding tert-OH is 1. The molecular formula is C16H32N2O2. The molecule has 0 saturated heterocycles. The van der Waals surface area contributed by atoms with E-state index in [0.29, 0.717) is 13.0 Å². The molecule has 118 valence electrons. The fourth-order valence-corrected chi connectivity index (χ4v) is 2.00. The predicted molar refractivity (Wildman–Crippen MR) is 84.7 cm³/mol. The van der Waals surface area contributed by atoms with Crippen molar-refractivity contribution in [2.24, 2.45) is 0 Å². The highest BCUT2D eigenvalue weighted by molar-refractivity contribution is 5.77. The summed E-state index contributed by atoms with van der Waals surface area (Å²) < 4.78 is 0. The molecule has 0 unspecified atom stereocenters. The van der Waals surface area contributed by atoms with E-state index in [1.807, 2.05) is 19.1 Å². The van der Waals surface area contributed by atoms with Gasteiger partial charge >= 0.3 is 0 Å². The van der Waals surface area contributed by atoms with Crippen LogP contribution in [0, 0.1) is 0 Å². The maximum atomic E-state index is 11.4. The van der Waals surface area contributed by atoms with E-state index in [2.05, 4.69) is 17.3 Å². The van der Waals surface area contributed by atoms with Gasteiger partial charge in [-0.25, -0.2) is 0 Å². The Morgan fingerprint density at radius 2 is 1.75 bits per heavy atom. The third kappa shape index (κ3) is 13.6. The summed E-state index contributed by atoms with van der Waals surface area (Å²) in [7, 11) is 2.10.